The molecule has 1 saturated heterocycles. The van der Waals surface area contributed by atoms with E-state index in [9.17, 15) is 19.5 Å². The zero-order valence-corrected chi connectivity index (χ0v) is 23.8. The lowest BCUT2D eigenvalue weighted by molar-refractivity contribution is 0.00807. The van der Waals surface area contributed by atoms with Gasteiger partial charge in [-0.15, -0.1) is 11.3 Å². The maximum Gasteiger partial charge on any atom is 0.410 e. The summed E-state index contributed by atoms with van der Waals surface area (Å²) in [5.41, 5.74) is 4.11. The number of ether oxygens (including phenoxy) is 2. The normalized spacial score (nSPS) is 16.7. The van der Waals surface area contributed by atoms with Crippen molar-refractivity contribution in [2.75, 3.05) is 19.7 Å². The Labute approximate surface area is 238 Å². The van der Waals surface area contributed by atoms with Crippen LogP contribution in [0.15, 0.2) is 60.0 Å². The number of nitrogens with zero attached hydrogens (tertiary/aromatic N) is 2. The molecule has 2 aliphatic rings. The zero-order valence-electron chi connectivity index (χ0n) is 23.0. The second-order valence-electron chi connectivity index (χ2n) is 11.3. The maximum absolute atomic E-state index is 13.7. The molecule has 3 aromatic rings. The second kappa shape index (κ2) is 11.3. The lowest BCUT2D eigenvalue weighted by atomic mass is 9.98. The van der Waals surface area contributed by atoms with Gasteiger partial charge in [-0.3, -0.25) is 4.90 Å². The standard InChI is InChI=1S/C31H34N2O6S/c1-31(2,3)39-29(36)32-14-8-9-21(16-32)33(17-22-15-20(19-40-22)28(34)35)30(37)38-18-27-25-12-6-4-10-23(25)24-11-5-7-13-26(24)27/h4-7,10-13,15,19,21,27H,8-9,14,16-18H2,1-3H3,(H,34,35)/t21-/m0/s1. The summed E-state index contributed by atoms with van der Waals surface area (Å²) in [6, 6.07) is 17.6. The molecule has 2 heterocycles. The highest BCUT2D eigenvalue weighted by atomic mass is 32.1. The Hall–Kier alpha value is -3.85. The summed E-state index contributed by atoms with van der Waals surface area (Å²) in [4.78, 5) is 42.0. The van der Waals surface area contributed by atoms with Gasteiger partial charge in [-0.05, 0) is 61.9 Å². The smallest absolute Gasteiger partial charge is 0.410 e. The number of piperidine rings is 1. The van der Waals surface area contributed by atoms with Crippen LogP contribution >= 0.6 is 11.3 Å². The average Bonchev–Trinajstić information content (AvgIpc) is 3.53. The maximum atomic E-state index is 13.7. The molecule has 210 valence electrons. The Morgan fingerprint density at radius 2 is 1.70 bits per heavy atom. The third kappa shape index (κ3) is 5.99. The topological polar surface area (TPSA) is 96.4 Å². The van der Waals surface area contributed by atoms with E-state index in [1.165, 1.54) is 11.3 Å². The third-order valence-electron chi connectivity index (χ3n) is 7.29. The monoisotopic (exact) mass is 562 g/mol. The molecule has 9 heteroatoms. The molecular weight excluding hydrogens is 528 g/mol. The van der Waals surface area contributed by atoms with Crippen LogP contribution in [0.3, 0.4) is 0 Å². The summed E-state index contributed by atoms with van der Waals surface area (Å²) in [6.07, 6.45) is 0.514. The summed E-state index contributed by atoms with van der Waals surface area (Å²) in [5, 5.41) is 11.0. The number of aromatic carboxylic acids is 1. The number of likely N-dealkylation sites (tertiary alicyclic amines) is 1. The Balaban J connectivity index is 1.36. The van der Waals surface area contributed by atoms with Crippen LogP contribution in [-0.4, -0.2) is 64.4 Å². The summed E-state index contributed by atoms with van der Waals surface area (Å²) in [5.74, 6) is -1.09. The fraction of sp³-hybridized carbons (Fsp3) is 0.387. The van der Waals surface area contributed by atoms with E-state index in [0.29, 0.717) is 25.9 Å². The Bertz CT molecular complexity index is 1370. The molecule has 1 aliphatic heterocycles. The highest BCUT2D eigenvalue weighted by Crippen LogP contribution is 2.44. The van der Waals surface area contributed by atoms with Crippen molar-refractivity contribution in [3.63, 3.8) is 0 Å². The molecule has 0 unspecified atom stereocenters. The fourth-order valence-corrected chi connectivity index (χ4v) is 6.32. The van der Waals surface area contributed by atoms with Gasteiger partial charge in [-0.1, -0.05) is 48.5 Å². The summed E-state index contributed by atoms with van der Waals surface area (Å²) in [7, 11) is 0. The minimum atomic E-state index is -1.01. The van der Waals surface area contributed by atoms with Crippen molar-refractivity contribution in [1.82, 2.24) is 9.80 Å². The second-order valence-corrected chi connectivity index (χ2v) is 12.3. The van der Waals surface area contributed by atoms with Gasteiger partial charge in [0.25, 0.3) is 0 Å². The third-order valence-corrected chi connectivity index (χ3v) is 8.21. The number of carboxylic acid groups (broad SMARTS) is 1. The van der Waals surface area contributed by atoms with Crippen molar-refractivity contribution in [2.45, 2.75) is 57.7 Å². The number of hydrogen-bond donors (Lipinski definition) is 1. The molecule has 1 aliphatic carbocycles. The first-order chi connectivity index (χ1) is 19.1. The summed E-state index contributed by atoms with van der Waals surface area (Å²) < 4.78 is 11.6. The molecule has 1 atom stereocenters. The van der Waals surface area contributed by atoms with E-state index in [0.717, 1.165) is 27.1 Å². The number of fused-ring (bicyclic) bond motifs is 3. The first-order valence-electron chi connectivity index (χ1n) is 13.5. The van der Waals surface area contributed by atoms with E-state index in [1.54, 1.807) is 21.2 Å². The summed E-state index contributed by atoms with van der Waals surface area (Å²) in [6.45, 7) is 6.71. The largest absolute Gasteiger partial charge is 0.478 e. The van der Waals surface area contributed by atoms with Crippen molar-refractivity contribution in [1.29, 1.82) is 0 Å². The zero-order chi connectivity index (χ0) is 28.4. The lowest BCUT2D eigenvalue weighted by Crippen LogP contribution is -2.52. The number of carbonyl (C=O) groups is 3. The minimum absolute atomic E-state index is 0.0804. The number of carboxylic acids is 1. The molecular formula is C31H34N2O6S. The molecule has 0 spiro atoms. The van der Waals surface area contributed by atoms with E-state index in [2.05, 4.69) is 24.3 Å². The Morgan fingerprint density at radius 1 is 1.05 bits per heavy atom. The molecule has 1 fully saturated rings. The highest BCUT2D eigenvalue weighted by molar-refractivity contribution is 7.10. The van der Waals surface area contributed by atoms with Gasteiger partial charge in [0.15, 0.2) is 0 Å². The van der Waals surface area contributed by atoms with Crippen LogP contribution in [-0.2, 0) is 16.0 Å². The van der Waals surface area contributed by atoms with Gasteiger partial charge >= 0.3 is 18.2 Å². The fourth-order valence-electron chi connectivity index (χ4n) is 5.46. The van der Waals surface area contributed by atoms with Crippen molar-refractivity contribution in [3.8, 4) is 11.1 Å². The quantitative estimate of drug-likeness (QED) is 0.364. The van der Waals surface area contributed by atoms with Gasteiger partial charge in [0.05, 0.1) is 18.2 Å². The summed E-state index contributed by atoms with van der Waals surface area (Å²) >= 11 is 1.29. The van der Waals surface area contributed by atoms with Crippen LogP contribution in [0.4, 0.5) is 9.59 Å². The lowest BCUT2D eigenvalue weighted by Gasteiger charge is -2.39. The Morgan fingerprint density at radius 3 is 2.30 bits per heavy atom. The van der Waals surface area contributed by atoms with Gasteiger partial charge in [0.2, 0.25) is 0 Å². The van der Waals surface area contributed by atoms with Crippen LogP contribution in [0.1, 0.15) is 65.9 Å². The number of benzene rings is 2. The van der Waals surface area contributed by atoms with Gasteiger partial charge in [0, 0.05) is 29.3 Å². The number of thiophene rings is 1. The van der Waals surface area contributed by atoms with Crippen molar-refractivity contribution in [3.05, 3.63) is 81.5 Å². The molecule has 0 radical (unpaired) electrons. The van der Waals surface area contributed by atoms with Crippen LogP contribution in [0.2, 0.25) is 0 Å². The SMILES string of the molecule is CC(C)(C)OC(=O)N1CCC[C@H](N(Cc2cc(C(=O)O)cs2)C(=O)OCC2c3ccccc3-c3ccccc32)C1. The van der Waals surface area contributed by atoms with Crippen LogP contribution in [0, 0.1) is 0 Å². The van der Waals surface area contributed by atoms with Crippen molar-refractivity contribution in [2.24, 2.45) is 0 Å². The number of hydrogen-bond acceptors (Lipinski definition) is 6. The number of amides is 2. The molecule has 0 bridgehead atoms. The van der Waals surface area contributed by atoms with Crippen molar-refractivity contribution >= 4 is 29.5 Å². The predicted molar refractivity (Wildman–Crippen MR) is 153 cm³/mol. The van der Waals surface area contributed by atoms with Gasteiger partial charge in [-0.2, -0.15) is 0 Å². The molecule has 8 nitrogen and oxygen atoms in total. The number of carbonyl (C=O) groups excluding carboxylic acids is 2. The van der Waals surface area contributed by atoms with Crippen molar-refractivity contribution < 1.29 is 29.0 Å². The minimum Gasteiger partial charge on any atom is -0.478 e. The molecule has 40 heavy (non-hydrogen) atoms. The molecule has 0 saturated carbocycles. The van der Waals surface area contributed by atoms with E-state index in [-0.39, 0.29) is 30.7 Å². The predicted octanol–water partition coefficient (Wildman–Crippen LogP) is 6.60. The van der Waals surface area contributed by atoms with E-state index >= 15 is 0 Å². The van der Waals surface area contributed by atoms with Gasteiger partial charge in [-0.25, -0.2) is 14.4 Å². The Kier molecular flexibility index (Phi) is 7.85. The molecule has 1 N–H and O–H groups in total. The van der Waals surface area contributed by atoms with E-state index in [4.69, 9.17) is 9.47 Å². The van der Waals surface area contributed by atoms with Gasteiger partial charge in [0.1, 0.15) is 12.2 Å². The van der Waals surface area contributed by atoms with Crippen LogP contribution in [0.25, 0.3) is 11.1 Å². The van der Waals surface area contributed by atoms with E-state index in [1.807, 2.05) is 45.0 Å². The first-order valence-corrected chi connectivity index (χ1v) is 14.4. The highest BCUT2D eigenvalue weighted by Gasteiger charge is 2.35. The molecule has 5 rings (SSSR count). The molecule has 2 amide bonds. The number of rotatable bonds is 6. The van der Waals surface area contributed by atoms with Crippen LogP contribution in [0.5, 0.6) is 0 Å². The first kappa shape index (κ1) is 27.7. The van der Waals surface area contributed by atoms with Gasteiger partial charge < -0.3 is 19.5 Å². The molecule has 1 aromatic heterocycles. The van der Waals surface area contributed by atoms with E-state index < -0.39 is 23.8 Å². The molecule has 2 aromatic carbocycles. The average molecular weight is 563 g/mol. The van der Waals surface area contributed by atoms with Crippen LogP contribution < -0.4 is 0 Å².